The Bertz CT molecular complexity index is 1240. The number of rotatable bonds is 7. The van der Waals surface area contributed by atoms with E-state index in [1.807, 2.05) is 104 Å². The summed E-state index contributed by atoms with van der Waals surface area (Å²) in [5.41, 5.74) is 2.09. The molecular weight excluding hydrogens is 416 g/mol. The maximum Gasteiger partial charge on any atom is 0.255 e. The summed E-state index contributed by atoms with van der Waals surface area (Å²) < 4.78 is 0. The zero-order valence-electron chi connectivity index (χ0n) is 17.7. The zero-order valence-corrected chi connectivity index (χ0v) is 18.6. The Kier molecular flexibility index (Phi) is 6.87. The molecule has 160 valence electrons. The first-order valence-electron chi connectivity index (χ1n) is 10.5. The van der Waals surface area contributed by atoms with E-state index >= 15 is 0 Å². The minimum absolute atomic E-state index is 0.0331. The maximum atomic E-state index is 12.8. The molecule has 0 spiro atoms. The van der Waals surface area contributed by atoms with Crippen molar-refractivity contribution in [3.05, 3.63) is 103 Å². The van der Waals surface area contributed by atoms with Gasteiger partial charge in [0, 0.05) is 21.8 Å². The third-order valence-corrected chi connectivity index (χ3v) is 6.44. The molecule has 0 aliphatic carbocycles. The van der Waals surface area contributed by atoms with E-state index in [4.69, 9.17) is 0 Å². The van der Waals surface area contributed by atoms with Crippen LogP contribution < -0.4 is 10.6 Å². The van der Waals surface area contributed by atoms with Gasteiger partial charge < -0.3 is 10.6 Å². The van der Waals surface area contributed by atoms with Gasteiger partial charge in [-0.2, -0.15) is 0 Å². The maximum absolute atomic E-state index is 12.8. The van der Waals surface area contributed by atoms with Gasteiger partial charge in [-0.15, -0.1) is 11.8 Å². The molecule has 4 nitrogen and oxygen atoms in total. The molecule has 1 unspecified atom stereocenters. The van der Waals surface area contributed by atoms with E-state index in [2.05, 4.69) is 10.6 Å². The summed E-state index contributed by atoms with van der Waals surface area (Å²) in [6.45, 7) is 1.99. The van der Waals surface area contributed by atoms with Gasteiger partial charge in [0.05, 0.1) is 5.25 Å². The lowest BCUT2D eigenvalue weighted by atomic mass is 10.1. The molecule has 0 saturated carbocycles. The van der Waals surface area contributed by atoms with Crippen molar-refractivity contribution in [1.82, 2.24) is 0 Å². The molecular formula is C27H24N2O2S. The van der Waals surface area contributed by atoms with Gasteiger partial charge in [-0.05, 0) is 59.7 Å². The van der Waals surface area contributed by atoms with E-state index in [1.165, 1.54) is 11.8 Å². The van der Waals surface area contributed by atoms with Gasteiger partial charge in [-0.25, -0.2) is 0 Å². The summed E-state index contributed by atoms with van der Waals surface area (Å²) in [6.07, 6.45) is 0.691. The number of carbonyl (C=O) groups is 2. The van der Waals surface area contributed by atoms with Crippen molar-refractivity contribution in [1.29, 1.82) is 0 Å². The zero-order chi connectivity index (χ0) is 22.3. The van der Waals surface area contributed by atoms with Crippen LogP contribution in [0.1, 0.15) is 23.7 Å². The van der Waals surface area contributed by atoms with Crippen molar-refractivity contribution in [2.45, 2.75) is 23.5 Å². The van der Waals surface area contributed by atoms with Crippen LogP contribution in [0, 0.1) is 0 Å². The van der Waals surface area contributed by atoms with Gasteiger partial charge in [0.2, 0.25) is 5.91 Å². The number of fused-ring (bicyclic) bond motifs is 1. The molecule has 2 N–H and O–H groups in total. The minimum atomic E-state index is -0.235. The van der Waals surface area contributed by atoms with Crippen LogP contribution in [0.15, 0.2) is 102 Å². The van der Waals surface area contributed by atoms with Crippen LogP contribution in [0.2, 0.25) is 0 Å². The molecule has 0 aromatic heterocycles. The van der Waals surface area contributed by atoms with E-state index in [0.29, 0.717) is 17.7 Å². The smallest absolute Gasteiger partial charge is 0.255 e. The molecule has 0 aliphatic heterocycles. The fraction of sp³-hybridized carbons (Fsp3) is 0.111. The number of anilines is 2. The standard InChI is InChI=1S/C27H24N2O2S/c1-2-25(27(31)28-22-11-4-3-5-12-22)32-24-14-8-13-23(18-24)29-26(30)21-16-15-19-9-6-7-10-20(19)17-21/h3-18,25H,2H2,1H3,(H,28,31)(H,29,30). The summed E-state index contributed by atoms with van der Waals surface area (Å²) in [4.78, 5) is 26.4. The number of hydrogen-bond acceptors (Lipinski definition) is 3. The van der Waals surface area contributed by atoms with Crippen LogP contribution in [0.3, 0.4) is 0 Å². The largest absolute Gasteiger partial charge is 0.325 e. The molecule has 0 saturated heterocycles. The first-order chi connectivity index (χ1) is 15.6. The van der Waals surface area contributed by atoms with E-state index < -0.39 is 0 Å². The van der Waals surface area contributed by atoms with Gasteiger partial charge in [-0.1, -0.05) is 61.5 Å². The van der Waals surface area contributed by atoms with Crippen LogP contribution in [0.5, 0.6) is 0 Å². The van der Waals surface area contributed by atoms with Gasteiger partial charge in [0.25, 0.3) is 5.91 Å². The molecule has 0 bridgehead atoms. The summed E-state index contributed by atoms with van der Waals surface area (Å²) in [7, 11) is 0. The average molecular weight is 441 g/mol. The Balaban J connectivity index is 1.43. The monoisotopic (exact) mass is 440 g/mol. The lowest BCUT2D eigenvalue weighted by Gasteiger charge is -2.15. The van der Waals surface area contributed by atoms with Gasteiger partial charge >= 0.3 is 0 Å². The molecule has 0 heterocycles. The highest BCUT2D eigenvalue weighted by Crippen LogP contribution is 2.29. The Morgan fingerprint density at radius 1 is 0.750 bits per heavy atom. The fourth-order valence-corrected chi connectivity index (χ4v) is 4.43. The molecule has 1 atom stereocenters. The predicted octanol–water partition coefficient (Wildman–Crippen LogP) is 6.60. The van der Waals surface area contributed by atoms with Gasteiger partial charge in [-0.3, -0.25) is 9.59 Å². The molecule has 0 radical (unpaired) electrons. The second kappa shape index (κ2) is 10.2. The van der Waals surface area contributed by atoms with Crippen LogP contribution in [0.25, 0.3) is 10.8 Å². The summed E-state index contributed by atoms with van der Waals surface area (Å²) >= 11 is 1.49. The third kappa shape index (κ3) is 5.37. The summed E-state index contributed by atoms with van der Waals surface area (Å²) in [5.74, 6) is -0.193. The van der Waals surface area contributed by atoms with Crippen molar-refractivity contribution < 1.29 is 9.59 Å². The first-order valence-corrected chi connectivity index (χ1v) is 11.4. The number of amides is 2. The molecule has 0 fully saturated rings. The Labute approximate surface area is 192 Å². The second-order valence-corrected chi connectivity index (χ2v) is 8.69. The highest BCUT2D eigenvalue weighted by molar-refractivity contribution is 8.00. The van der Waals surface area contributed by atoms with Crippen LogP contribution >= 0.6 is 11.8 Å². The summed E-state index contributed by atoms with van der Waals surface area (Å²) in [6, 6.07) is 30.7. The number of thioether (sulfide) groups is 1. The average Bonchev–Trinajstić information content (AvgIpc) is 2.83. The Hall–Kier alpha value is -3.57. The first kappa shape index (κ1) is 21.7. The van der Waals surface area contributed by atoms with Crippen LogP contribution in [-0.2, 0) is 4.79 Å². The quantitative estimate of drug-likeness (QED) is 0.318. The minimum Gasteiger partial charge on any atom is -0.325 e. The molecule has 4 aromatic carbocycles. The number of carbonyl (C=O) groups excluding carboxylic acids is 2. The molecule has 0 aliphatic rings. The number of nitrogens with one attached hydrogen (secondary N) is 2. The second-order valence-electron chi connectivity index (χ2n) is 7.41. The van der Waals surface area contributed by atoms with Crippen molar-refractivity contribution in [3.8, 4) is 0 Å². The lowest BCUT2D eigenvalue weighted by Crippen LogP contribution is -2.24. The molecule has 4 aromatic rings. The predicted molar refractivity (Wildman–Crippen MR) is 133 cm³/mol. The molecule has 2 amide bonds. The van der Waals surface area contributed by atoms with Gasteiger partial charge in [0.1, 0.15) is 0 Å². The lowest BCUT2D eigenvalue weighted by molar-refractivity contribution is -0.115. The fourth-order valence-electron chi connectivity index (χ4n) is 3.41. The molecule has 32 heavy (non-hydrogen) atoms. The van der Waals surface area contributed by atoms with E-state index in [-0.39, 0.29) is 17.1 Å². The van der Waals surface area contributed by atoms with Crippen molar-refractivity contribution in [2.24, 2.45) is 0 Å². The summed E-state index contributed by atoms with van der Waals surface area (Å²) in [5, 5.41) is 7.83. The number of benzene rings is 4. The van der Waals surface area contributed by atoms with E-state index in [9.17, 15) is 9.59 Å². The van der Waals surface area contributed by atoms with Crippen LogP contribution in [0.4, 0.5) is 11.4 Å². The van der Waals surface area contributed by atoms with Crippen LogP contribution in [-0.4, -0.2) is 17.1 Å². The van der Waals surface area contributed by atoms with Crippen molar-refractivity contribution in [3.63, 3.8) is 0 Å². The highest BCUT2D eigenvalue weighted by Gasteiger charge is 2.18. The Morgan fingerprint density at radius 2 is 1.47 bits per heavy atom. The SMILES string of the molecule is CCC(Sc1cccc(NC(=O)c2ccc3ccccc3c2)c1)C(=O)Nc1ccccc1. The Morgan fingerprint density at radius 3 is 2.25 bits per heavy atom. The topological polar surface area (TPSA) is 58.2 Å². The third-order valence-electron chi connectivity index (χ3n) is 5.09. The van der Waals surface area contributed by atoms with E-state index in [1.54, 1.807) is 0 Å². The highest BCUT2D eigenvalue weighted by atomic mass is 32.2. The van der Waals surface area contributed by atoms with Gasteiger partial charge in [0.15, 0.2) is 0 Å². The molecule has 5 heteroatoms. The van der Waals surface area contributed by atoms with Crippen molar-refractivity contribution in [2.75, 3.05) is 10.6 Å². The van der Waals surface area contributed by atoms with Crippen molar-refractivity contribution >= 4 is 45.7 Å². The number of para-hydroxylation sites is 1. The number of hydrogen-bond donors (Lipinski definition) is 2. The molecule has 4 rings (SSSR count). The normalized spacial score (nSPS) is 11.7. The van der Waals surface area contributed by atoms with E-state index in [0.717, 1.165) is 21.4 Å².